The molecule has 2 saturated heterocycles. The number of nitrogens with one attached hydrogen (secondary N) is 4. The van der Waals surface area contributed by atoms with Crippen molar-refractivity contribution in [3.05, 3.63) is 108 Å². The van der Waals surface area contributed by atoms with E-state index in [1.165, 1.54) is 23.1 Å². The van der Waals surface area contributed by atoms with Crippen LogP contribution in [-0.4, -0.2) is 175 Å². The Kier molecular flexibility index (Phi) is 24.8. The normalized spacial score (nSPS) is 17.7. The molecule has 3 aromatic carbocycles. The maximum Gasteiger partial charge on any atom is 0.410 e. The van der Waals surface area contributed by atoms with E-state index in [9.17, 15) is 28.8 Å². The monoisotopic (exact) mass is 1080 g/mol. The van der Waals surface area contributed by atoms with Gasteiger partial charge in [0.05, 0.1) is 12.1 Å². The first-order chi connectivity index (χ1) is 36.6. The molecule has 78 heavy (non-hydrogen) atoms. The molecule has 3 aromatic rings. The molecule has 0 bridgehead atoms. The first kappa shape index (κ1) is 64.7. The second-order valence-electron chi connectivity index (χ2n) is 24.7. The predicted molar refractivity (Wildman–Crippen MR) is 312 cm³/mol. The van der Waals surface area contributed by atoms with E-state index in [0.29, 0.717) is 32.6 Å². The highest BCUT2D eigenvalue weighted by atomic mass is 16.6. The first-order valence-electron chi connectivity index (χ1n) is 28.2. The van der Waals surface area contributed by atoms with Gasteiger partial charge in [-0.1, -0.05) is 133 Å². The molecule has 0 spiro atoms. The summed E-state index contributed by atoms with van der Waals surface area (Å²) in [5.74, 6) is -0.656. The lowest BCUT2D eigenvalue weighted by Gasteiger charge is -2.38. The SMILES string of the molecule is CN[C@H](Cc1ccccc1)C(=O)N(CCc1ccccc1)C[C@@H]1CCCN1C(=O)[C@@H](NC(=O)[C@H](C)N(C)C)C(C)(C)C.C[C@@H](C(=O)N[C@H](C(=O)N1CCC[C@H]1CNCCc1ccccc1)C(C)(C)C)N(C)C(=O)OC(C)(C)C. The van der Waals surface area contributed by atoms with Gasteiger partial charge in [0.15, 0.2) is 0 Å². The van der Waals surface area contributed by atoms with Crippen molar-refractivity contribution in [2.45, 2.75) is 169 Å². The molecule has 0 radical (unpaired) electrons. The van der Waals surface area contributed by atoms with Crippen LogP contribution in [0.4, 0.5) is 4.79 Å². The van der Waals surface area contributed by atoms with Crippen molar-refractivity contribution in [1.82, 2.24) is 45.8 Å². The van der Waals surface area contributed by atoms with E-state index in [4.69, 9.17) is 4.74 Å². The van der Waals surface area contributed by atoms with E-state index in [1.54, 1.807) is 27.7 Å². The summed E-state index contributed by atoms with van der Waals surface area (Å²) in [5.41, 5.74) is 1.92. The summed E-state index contributed by atoms with van der Waals surface area (Å²) < 4.78 is 5.39. The number of carbonyl (C=O) groups excluding carboxylic acids is 6. The third kappa shape index (κ3) is 20.1. The van der Waals surface area contributed by atoms with Crippen molar-refractivity contribution in [2.75, 3.05) is 67.5 Å². The van der Waals surface area contributed by atoms with Crippen LogP contribution in [0.5, 0.6) is 0 Å². The van der Waals surface area contributed by atoms with E-state index in [0.717, 1.165) is 57.2 Å². The third-order valence-corrected chi connectivity index (χ3v) is 14.9. The zero-order valence-electron chi connectivity index (χ0n) is 50.0. The predicted octanol–water partition coefficient (Wildman–Crippen LogP) is 6.96. The maximum atomic E-state index is 14.1. The quantitative estimate of drug-likeness (QED) is 0.0771. The zero-order chi connectivity index (χ0) is 58.0. The van der Waals surface area contributed by atoms with Crippen molar-refractivity contribution in [3.8, 4) is 0 Å². The van der Waals surface area contributed by atoms with Gasteiger partial charge in [-0.15, -0.1) is 0 Å². The van der Waals surface area contributed by atoms with Crippen molar-refractivity contribution in [3.63, 3.8) is 0 Å². The smallest absolute Gasteiger partial charge is 0.410 e. The molecule has 2 heterocycles. The number of hydrogen-bond donors (Lipinski definition) is 4. The Balaban J connectivity index is 0.000000341. The van der Waals surface area contributed by atoms with Crippen LogP contribution in [0, 0.1) is 10.8 Å². The van der Waals surface area contributed by atoms with E-state index >= 15 is 0 Å². The average molecular weight is 1080 g/mol. The van der Waals surface area contributed by atoms with Gasteiger partial charge < -0.3 is 40.7 Å². The van der Waals surface area contributed by atoms with E-state index in [-0.39, 0.29) is 53.7 Å². The first-order valence-corrected chi connectivity index (χ1v) is 28.2. The number of likely N-dealkylation sites (N-methyl/N-ethyl adjacent to an activating group) is 3. The maximum absolute atomic E-state index is 14.1. The fourth-order valence-corrected chi connectivity index (χ4v) is 9.69. The molecule has 7 atom stereocenters. The van der Waals surface area contributed by atoms with Gasteiger partial charge in [-0.25, -0.2) is 4.79 Å². The fourth-order valence-electron chi connectivity index (χ4n) is 9.69. The summed E-state index contributed by atoms with van der Waals surface area (Å²) in [5, 5.41) is 12.7. The minimum absolute atomic E-state index is 0.0389. The summed E-state index contributed by atoms with van der Waals surface area (Å²) in [6, 6.07) is 27.7. The minimum atomic E-state index is -0.786. The molecule has 0 aliphatic carbocycles. The van der Waals surface area contributed by atoms with Crippen LogP contribution in [0.2, 0.25) is 0 Å². The fraction of sp³-hybridized carbons (Fsp3) is 0.613. The number of carbonyl (C=O) groups is 6. The third-order valence-electron chi connectivity index (χ3n) is 14.9. The molecule has 0 saturated carbocycles. The topological polar surface area (TPSA) is 176 Å². The van der Waals surface area contributed by atoms with Gasteiger partial charge in [-0.05, 0) is 135 Å². The molecule has 16 heteroatoms. The summed E-state index contributed by atoms with van der Waals surface area (Å²) in [7, 11) is 7.07. The average Bonchev–Trinajstić information content (AvgIpc) is 4.08. The van der Waals surface area contributed by atoms with Crippen LogP contribution < -0.4 is 21.3 Å². The van der Waals surface area contributed by atoms with Crippen LogP contribution >= 0.6 is 0 Å². The standard InChI is InChI=1S/C34H51N5O3.C28H46N4O4/c1-25(37(6)7)31(40)36-30(34(2,3)4)33(42)39-21-14-19-28(39)24-38(22-20-26-15-10-8-11-16-26)32(41)29(35-5)23-27-17-12-9-13-18-27;1-20(31(8)26(35)36-28(5,6)7)24(33)30-23(27(2,3)4)25(34)32-18-12-15-22(32)19-29-17-16-21-13-10-9-11-14-21/h8-13,15-18,25,28-30,35H,14,19-24H2,1-7H3,(H,36,40);9-11,13-14,20,22-23,29H,12,15-19H2,1-8H3,(H,30,33)/t25-,28-,29+,30+;20-,22-,23+/m00/s1. The Morgan fingerprint density at radius 1 is 0.628 bits per heavy atom. The molecule has 0 aromatic heterocycles. The Morgan fingerprint density at radius 2 is 1.08 bits per heavy atom. The number of ether oxygens (including phenoxy) is 1. The lowest BCUT2D eigenvalue weighted by atomic mass is 9.85. The Hall–Kier alpha value is -5.84. The molecule has 2 aliphatic heterocycles. The Morgan fingerprint density at radius 3 is 1.54 bits per heavy atom. The van der Waals surface area contributed by atoms with E-state index in [2.05, 4.69) is 45.5 Å². The van der Waals surface area contributed by atoms with Crippen LogP contribution in [0.1, 0.15) is 119 Å². The second-order valence-corrected chi connectivity index (χ2v) is 24.7. The van der Waals surface area contributed by atoms with Crippen molar-refractivity contribution < 1.29 is 33.5 Å². The number of likely N-dealkylation sites (tertiary alicyclic amines) is 2. The number of amides is 6. The largest absolute Gasteiger partial charge is 0.444 e. The molecule has 0 unspecified atom stereocenters. The lowest BCUT2D eigenvalue weighted by Crippen LogP contribution is -2.59. The zero-order valence-corrected chi connectivity index (χ0v) is 50.0. The van der Waals surface area contributed by atoms with Gasteiger partial charge in [-0.3, -0.25) is 33.8 Å². The van der Waals surface area contributed by atoms with E-state index < -0.39 is 40.6 Å². The van der Waals surface area contributed by atoms with Crippen molar-refractivity contribution >= 4 is 35.6 Å². The van der Waals surface area contributed by atoms with Crippen LogP contribution in [-0.2, 0) is 48.0 Å². The van der Waals surface area contributed by atoms with Gasteiger partial charge in [0.25, 0.3) is 0 Å². The molecule has 432 valence electrons. The highest BCUT2D eigenvalue weighted by molar-refractivity contribution is 5.92. The van der Waals surface area contributed by atoms with Crippen LogP contribution in [0.25, 0.3) is 0 Å². The number of rotatable bonds is 22. The Bertz CT molecular complexity index is 2350. The highest BCUT2D eigenvalue weighted by Gasteiger charge is 2.43. The van der Waals surface area contributed by atoms with Crippen molar-refractivity contribution in [2.24, 2.45) is 10.8 Å². The number of hydrogen-bond acceptors (Lipinski definition) is 10. The number of benzene rings is 3. The summed E-state index contributed by atoms with van der Waals surface area (Å²) in [6.07, 6.45) is 5.26. The summed E-state index contributed by atoms with van der Waals surface area (Å²) in [4.78, 5) is 89.2. The molecule has 6 amide bonds. The Labute approximate surface area is 468 Å². The molecule has 2 aliphatic rings. The summed E-state index contributed by atoms with van der Waals surface area (Å²) in [6.45, 7) is 24.5. The molecule has 4 N–H and O–H groups in total. The van der Waals surface area contributed by atoms with Crippen LogP contribution in [0.3, 0.4) is 0 Å². The van der Waals surface area contributed by atoms with Gasteiger partial charge in [0.1, 0.15) is 23.7 Å². The lowest BCUT2D eigenvalue weighted by molar-refractivity contribution is -0.142. The van der Waals surface area contributed by atoms with Gasteiger partial charge in [-0.2, -0.15) is 0 Å². The molecular formula is C62H97N9O7. The minimum Gasteiger partial charge on any atom is -0.444 e. The van der Waals surface area contributed by atoms with Gasteiger partial charge in [0, 0.05) is 51.9 Å². The molecule has 2 fully saturated rings. The summed E-state index contributed by atoms with van der Waals surface area (Å²) >= 11 is 0. The molecule has 5 rings (SSSR count). The highest BCUT2D eigenvalue weighted by Crippen LogP contribution is 2.28. The second kappa shape index (κ2) is 29.9. The van der Waals surface area contributed by atoms with Gasteiger partial charge >= 0.3 is 6.09 Å². The van der Waals surface area contributed by atoms with Crippen LogP contribution in [0.15, 0.2) is 91.0 Å². The molecule has 16 nitrogen and oxygen atoms in total. The van der Waals surface area contributed by atoms with E-state index in [1.807, 2.05) is 156 Å². The van der Waals surface area contributed by atoms with Gasteiger partial charge in [0.2, 0.25) is 29.5 Å². The van der Waals surface area contributed by atoms with Crippen molar-refractivity contribution in [1.29, 1.82) is 0 Å². The molecular weight excluding hydrogens is 983 g/mol. The number of nitrogens with zero attached hydrogens (tertiary/aromatic N) is 5.